The molecule has 0 unspecified atom stereocenters. The maximum atomic E-state index is 13.3. The Hall–Kier alpha value is -3.32. The first-order valence-corrected chi connectivity index (χ1v) is 9.52. The highest BCUT2D eigenvalue weighted by Crippen LogP contribution is 2.41. The van der Waals surface area contributed by atoms with Gasteiger partial charge in [-0.05, 0) is 30.3 Å². The third-order valence-corrected chi connectivity index (χ3v) is 5.48. The molecule has 7 nitrogen and oxygen atoms in total. The Morgan fingerprint density at radius 2 is 1.93 bits per heavy atom. The molecule has 3 heterocycles. The van der Waals surface area contributed by atoms with Gasteiger partial charge in [-0.25, -0.2) is 9.78 Å². The second kappa shape index (κ2) is 6.63. The number of nitrogens with one attached hydrogen (secondary N) is 1. The maximum absolute atomic E-state index is 13.3. The van der Waals surface area contributed by atoms with Crippen molar-refractivity contribution in [2.45, 2.75) is 18.5 Å². The van der Waals surface area contributed by atoms with Crippen molar-refractivity contribution in [3.05, 3.63) is 71.2 Å². The number of hydrogen-bond donors (Lipinski definition) is 1. The monoisotopic (exact) mass is 409 g/mol. The number of carbonyl (C=O) groups is 2. The van der Waals surface area contributed by atoms with Gasteiger partial charge in [0.05, 0.1) is 12.8 Å². The number of halogens is 1. The van der Waals surface area contributed by atoms with E-state index in [1.807, 2.05) is 24.3 Å². The lowest BCUT2D eigenvalue weighted by Gasteiger charge is -2.33. The van der Waals surface area contributed by atoms with Gasteiger partial charge >= 0.3 is 6.03 Å². The standard InChI is InChI=1S/C21H16ClN3O4/c22-14-7-5-13(6-8-14)17-11-23-18(29-17)12-25-19(26)21(24-20(25)27)9-10-28-16-4-2-1-3-15(16)21/h1-8,11H,9-10,12H2,(H,24,27)/t21-/m1/s1. The van der Waals surface area contributed by atoms with E-state index in [1.54, 1.807) is 30.5 Å². The van der Waals surface area contributed by atoms with Crippen molar-refractivity contribution in [1.82, 2.24) is 15.2 Å². The summed E-state index contributed by atoms with van der Waals surface area (Å²) >= 11 is 5.91. The summed E-state index contributed by atoms with van der Waals surface area (Å²) in [4.78, 5) is 31.3. The van der Waals surface area contributed by atoms with Crippen molar-refractivity contribution in [2.75, 3.05) is 6.61 Å². The van der Waals surface area contributed by atoms with Crippen LogP contribution in [-0.2, 0) is 16.9 Å². The van der Waals surface area contributed by atoms with Crippen LogP contribution in [0.2, 0.25) is 5.02 Å². The van der Waals surface area contributed by atoms with Crippen molar-refractivity contribution in [2.24, 2.45) is 0 Å². The van der Waals surface area contributed by atoms with E-state index >= 15 is 0 Å². The number of benzene rings is 2. The van der Waals surface area contributed by atoms with Crippen LogP contribution >= 0.6 is 11.6 Å². The van der Waals surface area contributed by atoms with E-state index in [2.05, 4.69) is 10.3 Å². The van der Waals surface area contributed by atoms with Gasteiger partial charge in [0.15, 0.2) is 11.3 Å². The minimum Gasteiger partial charge on any atom is -0.493 e. The van der Waals surface area contributed by atoms with Crippen molar-refractivity contribution in [3.8, 4) is 17.1 Å². The smallest absolute Gasteiger partial charge is 0.325 e. The summed E-state index contributed by atoms with van der Waals surface area (Å²) in [6, 6.07) is 13.9. The summed E-state index contributed by atoms with van der Waals surface area (Å²) in [7, 11) is 0. The van der Waals surface area contributed by atoms with Gasteiger partial charge in [-0.1, -0.05) is 29.8 Å². The van der Waals surface area contributed by atoms with Crippen molar-refractivity contribution < 1.29 is 18.7 Å². The van der Waals surface area contributed by atoms with Gasteiger partial charge in [-0.3, -0.25) is 9.69 Å². The zero-order valence-electron chi connectivity index (χ0n) is 15.2. The quantitative estimate of drug-likeness (QED) is 0.666. The number of aromatic nitrogens is 1. The summed E-state index contributed by atoms with van der Waals surface area (Å²) < 4.78 is 11.4. The molecule has 1 N–H and O–H groups in total. The highest BCUT2D eigenvalue weighted by molar-refractivity contribution is 6.30. The van der Waals surface area contributed by atoms with Gasteiger partial charge in [0.2, 0.25) is 5.89 Å². The number of imide groups is 1. The summed E-state index contributed by atoms with van der Waals surface area (Å²) in [6.45, 7) is 0.291. The molecule has 0 saturated carbocycles. The largest absolute Gasteiger partial charge is 0.493 e. The normalized spacial score (nSPS) is 20.5. The number of hydrogen-bond acceptors (Lipinski definition) is 5. The zero-order chi connectivity index (χ0) is 20.0. The minimum absolute atomic E-state index is 0.0525. The Morgan fingerprint density at radius 3 is 2.76 bits per heavy atom. The lowest BCUT2D eigenvalue weighted by molar-refractivity contribution is -0.133. The number of ether oxygens (including phenoxy) is 1. The number of rotatable bonds is 3. The average Bonchev–Trinajstić information content (AvgIpc) is 3.29. The van der Waals surface area contributed by atoms with Crippen LogP contribution in [-0.4, -0.2) is 28.4 Å². The molecule has 3 aromatic rings. The molecule has 146 valence electrons. The van der Waals surface area contributed by atoms with Crippen LogP contribution in [0.1, 0.15) is 17.9 Å². The van der Waals surface area contributed by atoms with Crippen LogP contribution in [0.25, 0.3) is 11.3 Å². The number of nitrogens with zero attached hydrogens (tertiary/aromatic N) is 2. The molecule has 3 amide bonds. The summed E-state index contributed by atoms with van der Waals surface area (Å²) in [5.41, 5.74) is 0.360. The fourth-order valence-corrected chi connectivity index (χ4v) is 3.91. The van der Waals surface area contributed by atoms with Crippen LogP contribution in [0, 0.1) is 0 Å². The first-order valence-electron chi connectivity index (χ1n) is 9.14. The summed E-state index contributed by atoms with van der Waals surface area (Å²) in [5, 5.41) is 3.48. The molecule has 0 bridgehead atoms. The SMILES string of the molecule is O=C1N[C@@]2(CCOc3ccccc32)C(=O)N1Cc1ncc(-c2ccc(Cl)cc2)o1. The molecule has 1 atom stereocenters. The number of carbonyl (C=O) groups excluding carboxylic acids is 2. The lowest BCUT2D eigenvalue weighted by atomic mass is 9.84. The molecule has 8 heteroatoms. The highest BCUT2D eigenvalue weighted by atomic mass is 35.5. The molecule has 2 aliphatic rings. The van der Waals surface area contributed by atoms with Crippen LogP contribution in [0.15, 0.2) is 59.1 Å². The van der Waals surface area contributed by atoms with Crippen molar-refractivity contribution in [3.63, 3.8) is 0 Å². The van der Waals surface area contributed by atoms with Crippen LogP contribution in [0.5, 0.6) is 5.75 Å². The Kier molecular flexibility index (Phi) is 4.06. The number of para-hydroxylation sites is 1. The average molecular weight is 410 g/mol. The number of urea groups is 1. The van der Waals surface area contributed by atoms with Crippen LogP contribution in [0.4, 0.5) is 4.79 Å². The first-order chi connectivity index (χ1) is 14.1. The summed E-state index contributed by atoms with van der Waals surface area (Å²) in [5.74, 6) is 1.09. The van der Waals surface area contributed by atoms with Crippen molar-refractivity contribution in [1.29, 1.82) is 0 Å². The molecule has 0 aliphatic carbocycles. The predicted octanol–water partition coefficient (Wildman–Crippen LogP) is 3.72. The van der Waals surface area contributed by atoms with E-state index in [0.717, 1.165) is 10.5 Å². The topological polar surface area (TPSA) is 84.7 Å². The molecule has 1 spiro atoms. The fraction of sp³-hybridized carbons (Fsp3) is 0.190. The fourth-order valence-electron chi connectivity index (χ4n) is 3.78. The molecule has 29 heavy (non-hydrogen) atoms. The second-order valence-electron chi connectivity index (χ2n) is 6.95. The van der Waals surface area contributed by atoms with Gasteiger partial charge in [0.25, 0.3) is 5.91 Å². The Morgan fingerprint density at radius 1 is 1.14 bits per heavy atom. The molecule has 1 aromatic heterocycles. The van der Waals surface area contributed by atoms with E-state index in [9.17, 15) is 9.59 Å². The number of fused-ring (bicyclic) bond motifs is 2. The van der Waals surface area contributed by atoms with E-state index in [-0.39, 0.29) is 18.3 Å². The minimum atomic E-state index is -1.11. The van der Waals surface area contributed by atoms with Gasteiger partial charge in [-0.15, -0.1) is 0 Å². The molecule has 2 aromatic carbocycles. The lowest BCUT2D eigenvalue weighted by Crippen LogP contribution is -2.47. The number of oxazole rings is 1. The molecule has 2 aliphatic heterocycles. The molecule has 0 radical (unpaired) electrons. The van der Waals surface area contributed by atoms with E-state index in [1.165, 1.54) is 0 Å². The molecule has 1 fully saturated rings. The van der Waals surface area contributed by atoms with E-state index < -0.39 is 11.6 Å². The van der Waals surface area contributed by atoms with Crippen LogP contribution < -0.4 is 10.1 Å². The molecular weight excluding hydrogens is 394 g/mol. The second-order valence-corrected chi connectivity index (χ2v) is 7.38. The first kappa shape index (κ1) is 17.8. The van der Waals surface area contributed by atoms with Gasteiger partial charge in [-0.2, -0.15) is 0 Å². The third kappa shape index (κ3) is 2.86. The predicted molar refractivity (Wildman–Crippen MR) is 104 cm³/mol. The summed E-state index contributed by atoms with van der Waals surface area (Å²) in [6.07, 6.45) is 1.93. The van der Waals surface area contributed by atoms with Crippen molar-refractivity contribution >= 4 is 23.5 Å². The van der Waals surface area contributed by atoms with Crippen LogP contribution in [0.3, 0.4) is 0 Å². The van der Waals surface area contributed by atoms with Gasteiger partial charge in [0.1, 0.15) is 12.3 Å². The molecular formula is C21H16ClN3O4. The third-order valence-electron chi connectivity index (χ3n) is 5.23. The van der Waals surface area contributed by atoms with Gasteiger partial charge in [0, 0.05) is 22.6 Å². The maximum Gasteiger partial charge on any atom is 0.325 e. The van der Waals surface area contributed by atoms with Gasteiger partial charge < -0.3 is 14.5 Å². The van der Waals surface area contributed by atoms with E-state index in [0.29, 0.717) is 35.1 Å². The highest BCUT2D eigenvalue weighted by Gasteiger charge is 2.55. The molecule has 5 rings (SSSR count). The van der Waals surface area contributed by atoms with E-state index in [4.69, 9.17) is 20.8 Å². The zero-order valence-corrected chi connectivity index (χ0v) is 16.0. The Labute approximate surface area is 171 Å². The Balaban J connectivity index is 1.42. The Bertz CT molecular complexity index is 1110. The number of amides is 3. The molecule has 1 saturated heterocycles.